The van der Waals surface area contributed by atoms with Gasteiger partial charge >= 0.3 is 5.97 Å². The van der Waals surface area contributed by atoms with E-state index in [9.17, 15) is 9.59 Å². The van der Waals surface area contributed by atoms with Crippen LogP contribution in [0.3, 0.4) is 0 Å². The zero-order valence-electron chi connectivity index (χ0n) is 6.29. The summed E-state index contributed by atoms with van der Waals surface area (Å²) in [4.78, 5) is 21.0. The molecular formula is C6H11NO3S. The molecule has 0 aromatic heterocycles. The van der Waals surface area contributed by atoms with Crippen molar-refractivity contribution in [1.82, 2.24) is 5.32 Å². The van der Waals surface area contributed by atoms with Crippen LogP contribution in [0, 0.1) is 0 Å². The first-order valence-electron chi connectivity index (χ1n) is 3.15. The number of amides is 1. The van der Waals surface area contributed by atoms with Gasteiger partial charge in [0, 0.05) is 6.54 Å². The lowest BCUT2D eigenvalue weighted by Crippen LogP contribution is -2.27. The number of ether oxygens (including phenoxy) is 1. The highest BCUT2D eigenvalue weighted by molar-refractivity contribution is 7.81. The summed E-state index contributed by atoms with van der Waals surface area (Å²) in [6.45, 7) is 0.312. The number of hydrogen-bond acceptors (Lipinski definition) is 4. The quantitative estimate of drug-likeness (QED) is 0.453. The number of esters is 1. The van der Waals surface area contributed by atoms with Crippen molar-refractivity contribution >= 4 is 24.5 Å². The summed E-state index contributed by atoms with van der Waals surface area (Å²) < 4.78 is 4.36. The predicted molar refractivity (Wildman–Crippen MR) is 43.5 cm³/mol. The highest BCUT2D eigenvalue weighted by Crippen LogP contribution is 1.81. The lowest BCUT2D eigenvalue weighted by molar-refractivity contribution is -0.140. The van der Waals surface area contributed by atoms with Crippen molar-refractivity contribution in [3.05, 3.63) is 0 Å². The number of methoxy groups -OCH3 is 1. The number of carbonyl (C=O) groups is 2. The van der Waals surface area contributed by atoms with Gasteiger partial charge in [0.25, 0.3) is 0 Å². The van der Waals surface area contributed by atoms with E-state index in [4.69, 9.17) is 0 Å². The molecule has 0 unspecified atom stereocenters. The molecule has 5 heteroatoms. The van der Waals surface area contributed by atoms with Crippen LogP contribution in [0.25, 0.3) is 0 Å². The summed E-state index contributed by atoms with van der Waals surface area (Å²) in [5.74, 6) is -0.372. The summed E-state index contributed by atoms with van der Waals surface area (Å²) >= 11 is 3.73. The molecule has 0 aliphatic carbocycles. The predicted octanol–water partition coefficient (Wildman–Crippen LogP) is -0.404. The highest BCUT2D eigenvalue weighted by Gasteiger charge is 2.00. The van der Waals surface area contributed by atoms with Crippen molar-refractivity contribution in [2.24, 2.45) is 0 Å². The maximum atomic E-state index is 10.5. The zero-order chi connectivity index (χ0) is 8.69. The Morgan fingerprint density at radius 3 is 2.64 bits per heavy atom. The minimum atomic E-state index is -0.329. The molecule has 0 aliphatic rings. The molecular weight excluding hydrogens is 166 g/mol. The highest BCUT2D eigenvalue weighted by atomic mass is 32.1. The van der Waals surface area contributed by atoms with Crippen LogP contribution in [0.5, 0.6) is 0 Å². The van der Waals surface area contributed by atoms with Gasteiger partial charge in [-0.3, -0.25) is 9.59 Å². The summed E-state index contributed by atoms with van der Waals surface area (Å²) in [6, 6.07) is 0. The van der Waals surface area contributed by atoms with E-state index < -0.39 is 0 Å². The first kappa shape index (κ1) is 10.3. The molecule has 0 spiro atoms. The smallest absolute Gasteiger partial charge is 0.307 e. The molecule has 0 aromatic carbocycles. The molecule has 64 valence electrons. The van der Waals surface area contributed by atoms with Crippen molar-refractivity contribution in [2.45, 2.75) is 6.42 Å². The van der Waals surface area contributed by atoms with Gasteiger partial charge in [-0.1, -0.05) is 0 Å². The van der Waals surface area contributed by atoms with Gasteiger partial charge in [0.15, 0.2) is 0 Å². The van der Waals surface area contributed by atoms with Crippen LogP contribution >= 0.6 is 12.6 Å². The van der Waals surface area contributed by atoms with Crippen LogP contribution in [-0.2, 0) is 14.3 Å². The Bertz CT molecular complexity index is 133. The third-order valence-electron chi connectivity index (χ3n) is 1.02. The van der Waals surface area contributed by atoms with Gasteiger partial charge in [-0.15, -0.1) is 0 Å². The van der Waals surface area contributed by atoms with E-state index >= 15 is 0 Å². The fourth-order valence-electron chi connectivity index (χ4n) is 0.462. The van der Waals surface area contributed by atoms with E-state index in [1.165, 1.54) is 7.11 Å². The molecule has 0 radical (unpaired) electrons. The maximum Gasteiger partial charge on any atom is 0.307 e. The minimum absolute atomic E-state index is 0.140. The monoisotopic (exact) mass is 177 g/mol. The van der Waals surface area contributed by atoms with E-state index in [0.29, 0.717) is 6.54 Å². The first-order valence-corrected chi connectivity index (χ1v) is 3.78. The normalized spacial score (nSPS) is 8.91. The van der Waals surface area contributed by atoms with Gasteiger partial charge < -0.3 is 10.1 Å². The Kier molecular flexibility index (Phi) is 5.64. The van der Waals surface area contributed by atoms with Gasteiger partial charge in [-0.25, -0.2) is 0 Å². The minimum Gasteiger partial charge on any atom is -0.469 e. The number of thiol groups is 1. The summed E-state index contributed by atoms with van der Waals surface area (Å²) in [6.07, 6.45) is 0.204. The second-order valence-electron chi connectivity index (χ2n) is 1.83. The number of hydrogen-bond donors (Lipinski definition) is 2. The Labute approximate surface area is 70.7 Å². The van der Waals surface area contributed by atoms with Crippen molar-refractivity contribution in [1.29, 1.82) is 0 Å². The molecule has 0 bridgehead atoms. The van der Waals surface area contributed by atoms with Crippen LogP contribution in [0.4, 0.5) is 0 Å². The molecule has 0 aromatic rings. The molecule has 4 nitrogen and oxygen atoms in total. The second kappa shape index (κ2) is 6.03. The van der Waals surface area contributed by atoms with E-state index in [2.05, 4.69) is 22.7 Å². The first-order chi connectivity index (χ1) is 5.20. The van der Waals surface area contributed by atoms with Gasteiger partial charge in [0.1, 0.15) is 0 Å². The average Bonchev–Trinajstić information content (AvgIpc) is 2.04. The third kappa shape index (κ3) is 5.72. The molecule has 0 rings (SSSR count). The Balaban J connectivity index is 3.27. The van der Waals surface area contributed by atoms with Crippen molar-refractivity contribution in [3.8, 4) is 0 Å². The lowest BCUT2D eigenvalue weighted by atomic mass is 10.4. The largest absolute Gasteiger partial charge is 0.469 e. The van der Waals surface area contributed by atoms with Crippen LogP contribution in [0.1, 0.15) is 6.42 Å². The van der Waals surface area contributed by atoms with Crippen molar-refractivity contribution in [3.63, 3.8) is 0 Å². The van der Waals surface area contributed by atoms with Crippen LogP contribution in [-0.4, -0.2) is 31.3 Å². The number of nitrogens with one attached hydrogen (secondary N) is 1. The summed E-state index contributed by atoms with van der Waals surface area (Å²) in [5.41, 5.74) is 0. The molecule has 0 atom stereocenters. The van der Waals surface area contributed by atoms with E-state index in [1.54, 1.807) is 0 Å². The Morgan fingerprint density at radius 1 is 1.55 bits per heavy atom. The van der Waals surface area contributed by atoms with Crippen LogP contribution < -0.4 is 5.32 Å². The SMILES string of the molecule is COC(=O)CCNC(=O)CS. The maximum absolute atomic E-state index is 10.5. The zero-order valence-corrected chi connectivity index (χ0v) is 7.19. The van der Waals surface area contributed by atoms with Gasteiger partial charge in [0.05, 0.1) is 19.3 Å². The molecule has 0 heterocycles. The van der Waals surface area contributed by atoms with Crippen LogP contribution in [0.15, 0.2) is 0 Å². The van der Waals surface area contributed by atoms with E-state index in [0.717, 1.165) is 0 Å². The van der Waals surface area contributed by atoms with E-state index in [-0.39, 0.29) is 24.1 Å². The molecule has 1 amide bonds. The summed E-state index contributed by atoms with van der Waals surface area (Å²) in [5, 5.41) is 2.48. The van der Waals surface area contributed by atoms with Crippen molar-refractivity contribution in [2.75, 3.05) is 19.4 Å². The lowest BCUT2D eigenvalue weighted by Gasteiger charge is -2.00. The second-order valence-corrected chi connectivity index (χ2v) is 2.15. The fourth-order valence-corrected chi connectivity index (χ4v) is 0.574. The molecule has 1 N–H and O–H groups in total. The molecule has 0 fully saturated rings. The van der Waals surface area contributed by atoms with Gasteiger partial charge in [0.2, 0.25) is 5.91 Å². The topological polar surface area (TPSA) is 55.4 Å². The van der Waals surface area contributed by atoms with E-state index in [1.807, 2.05) is 0 Å². The Morgan fingerprint density at radius 2 is 2.18 bits per heavy atom. The third-order valence-corrected chi connectivity index (χ3v) is 1.31. The average molecular weight is 177 g/mol. The fraction of sp³-hybridized carbons (Fsp3) is 0.667. The van der Waals surface area contributed by atoms with Crippen LogP contribution in [0.2, 0.25) is 0 Å². The molecule has 0 saturated heterocycles. The molecule has 11 heavy (non-hydrogen) atoms. The van der Waals surface area contributed by atoms with Crippen molar-refractivity contribution < 1.29 is 14.3 Å². The number of carbonyl (C=O) groups excluding carboxylic acids is 2. The van der Waals surface area contributed by atoms with Gasteiger partial charge in [-0.2, -0.15) is 12.6 Å². The number of rotatable bonds is 4. The van der Waals surface area contributed by atoms with Gasteiger partial charge in [-0.05, 0) is 0 Å². The standard InChI is InChI=1S/C6H11NO3S/c1-10-6(9)2-3-7-5(8)4-11/h11H,2-4H2,1H3,(H,7,8). The Hall–Kier alpha value is -0.710. The summed E-state index contributed by atoms with van der Waals surface area (Å²) in [7, 11) is 1.31. The molecule has 0 aliphatic heterocycles. The molecule has 0 saturated carbocycles.